The van der Waals surface area contributed by atoms with E-state index in [4.69, 9.17) is 32.7 Å². The minimum Gasteiger partial charge on any atom is -0.493 e. The van der Waals surface area contributed by atoms with Crippen LogP contribution in [0.1, 0.15) is 25.3 Å². The molecule has 0 amide bonds. The number of ether oxygens (including phenoxy) is 2. The van der Waals surface area contributed by atoms with Crippen LogP contribution in [-0.2, 0) is 5.88 Å². The highest BCUT2D eigenvalue weighted by Crippen LogP contribution is 2.36. The molecule has 0 atom stereocenters. The number of unbranched alkanes of at least 4 members (excludes halogenated alkanes) is 1. The summed E-state index contributed by atoms with van der Waals surface area (Å²) in [6.45, 7) is 2.76. The van der Waals surface area contributed by atoms with E-state index in [0.717, 1.165) is 18.4 Å². The van der Waals surface area contributed by atoms with E-state index in [9.17, 15) is 0 Å². The highest BCUT2D eigenvalue weighted by molar-refractivity contribution is 6.32. The van der Waals surface area contributed by atoms with Crippen molar-refractivity contribution < 1.29 is 9.47 Å². The highest BCUT2D eigenvalue weighted by atomic mass is 35.5. The molecule has 90 valence electrons. The maximum Gasteiger partial charge on any atom is 0.179 e. The lowest BCUT2D eigenvalue weighted by molar-refractivity contribution is 0.288. The van der Waals surface area contributed by atoms with Crippen LogP contribution >= 0.6 is 23.2 Å². The molecule has 0 saturated heterocycles. The Kier molecular flexibility index (Phi) is 5.78. The van der Waals surface area contributed by atoms with E-state index < -0.39 is 0 Å². The maximum absolute atomic E-state index is 6.11. The average molecular weight is 263 g/mol. The summed E-state index contributed by atoms with van der Waals surface area (Å²) in [5.74, 6) is 1.65. The van der Waals surface area contributed by atoms with Gasteiger partial charge in [0, 0.05) is 5.88 Å². The molecule has 0 bridgehead atoms. The predicted octanol–water partition coefficient (Wildman–Crippen LogP) is 4.27. The van der Waals surface area contributed by atoms with E-state index in [-0.39, 0.29) is 0 Å². The van der Waals surface area contributed by atoms with Gasteiger partial charge in [-0.2, -0.15) is 0 Å². The van der Waals surface area contributed by atoms with Gasteiger partial charge in [0.15, 0.2) is 11.5 Å². The first kappa shape index (κ1) is 13.5. The molecule has 1 rings (SSSR count). The van der Waals surface area contributed by atoms with Crippen molar-refractivity contribution in [3.05, 3.63) is 22.7 Å². The Morgan fingerprint density at radius 3 is 2.62 bits per heavy atom. The maximum atomic E-state index is 6.11. The van der Waals surface area contributed by atoms with Crippen LogP contribution in [0.5, 0.6) is 11.5 Å². The number of methoxy groups -OCH3 is 1. The van der Waals surface area contributed by atoms with Crippen molar-refractivity contribution in [2.45, 2.75) is 25.6 Å². The van der Waals surface area contributed by atoms with Crippen molar-refractivity contribution in [1.29, 1.82) is 0 Å². The lowest BCUT2D eigenvalue weighted by Crippen LogP contribution is -2.00. The molecule has 0 fully saturated rings. The van der Waals surface area contributed by atoms with E-state index >= 15 is 0 Å². The van der Waals surface area contributed by atoms with Gasteiger partial charge in [0.25, 0.3) is 0 Å². The van der Waals surface area contributed by atoms with Crippen LogP contribution in [0.3, 0.4) is 0 Å². The second-order valence-electron chi connectivity index (χ2n) is 3.44. The molecule has 1 aromatic carbocycles. The molecule has 0 aliphatic rings. The third-order valence-corrected chi connectivity index (χ3v) is 2.78. The predicted molar refractivity (Wildman–Crippen MR) is 68.0 cm³/mol. The zero-order chi connectivity index (χ0) is 12.0. The van der Waals surface area contributed by atoms with E-state index in [1.807, 2.05) is 6.07 Å². The summed E-state index contributed by atoms with van der Waals surface area (Å²) in [4.78, 5) is 0. The van der Waals surface area contributed by atoms with E-state index in [2.05, 4.69) is 6.92 Å². The SMILES string of the molecule is CCCCOc1c(Cl)cc(CCl)cc1OC. The number of alkyl halides is 1. The van der Waals surface area contributed by atoms with Crippen molar-refractivity contribution in [2.24, 2.45) is 0 Å². The molecule has 1 aromatic rings. The van der Waals surface area contributed by atoms with E-state index in [0.29, 0.717) is 29.0 Å². The summed E-state index contributed by atoms with van der Waals surface area (Å²) in [6, 6.07) is 3.65. The van der Waals surface area contributed by atoms with Crippen LogP contribution in [0.4, 0.5) is 0 Å². The zero-order valence-corrected chi connectivity index (χ0v) is 11.1. The Bertz CT molecular complexity index is 340. The molecular weight excluding hydrogens is 247 g/mol. The van der Waals surface area contributed by atoms with Crippen LogP contribution in [0.2, 0.25) is 5.02 Å². The topological polar surface area (TPSA) is 18.5 Å². The third kappa shape index (κ3) is 3.46. The van der Waals surface area contributed by atoms with E-state index in [1.54, 1.807) is 13.2 Å². The fraction of sp³-hybridized carbons (Fsp3) is 0.500. The third-order valence-electron chi connectivity index (χ3n) is 2.19. The number of rotatable bonds is 6. The van der Waals surface area contributed by atoms with Crippen LogP contribution in [0.15, 0.2) is 12.1 Å². The highest BCUT2D eigenvalue weighted by Gasteiger charge is 2.11. The van der Waals surface area contributed by atoms with Gasteiger partial charge in [-0.1, -0.05) is 24.9 Å². The average Bonchev–Trinajstić information content (AvgIpc) is 2.30. The summed E-state index contributed by atoms with van der Waals surface area (Å²) in [5, 5.41) is 0.547. The number of hydrogen-bond donors (Lipinski definition) is 0. The van der Waals surface area contributed by atoms with Gasteiger partial charge in [-0.25, -0.2) is 0 Å². The fourth-order valence-corrected chi connectivity index (χ4v) is 1.75. The van der Waals surface area contributed by atoms with E-state index in [1.165, 1.54) is 0 Å². The monoisotopic (exact) mass is 262 g/mol. The van der Waals surface area contributed by atoms with Gasteiger partial charge in [-0.05, 0) is 24.1 Å². The molecule has 0 aromatic heterocycles. The Balaban J connectivity index is 2.88. The minimum atomic E-state index is 0.408. The second-order valence-corrected chi connectivity index (χ2v) is 4.12. The summed E-state index contributed by atoms with van der Waals surface area (Å²) in [5.41, 5.74) is 0.923. The number of halogens is 2. The van der Waals surface area contributed by atoms with Gasteiger partial charge in [-0.3, -0.25) is 0 Å². The van der Waals surface area contributed by atoms with Crippen LogP contribution in [0, 0.1) is 0 Å². The Hall–Kier alpha value is -0.600. The molecule has 2 nitrogen and oxygen atoms in total. The fourth-order valence-electron chi connectivity index (χ4n) is 1.31. The van der Waals surface area contributed by atoms with Gasteiger partial charge in [-0.15, -0.1) is 11.6 Å². The standard InChI is InChI=1S/C12H16Cl2O2/c1-3-4-5-16-12-10(14)6-9(8-13)7-11(12)15-2/h6-7H,3-5,8H2,1-2H3. The summed E-state index contributed by atoms with van der Waals surface area (Å²) in [6.07, 6.45) is 2.08. The zero-order valence-electron chi connectivity index (χ0n) is 9.56. The van der Waals surface area contributed by atoms with Gasteiger partial charge in [0.1, 0.15) is 0 Å². The summed E-state index contributed by atoms with van der Waals surface area (Å²) < 4.78 is 10.8. The second kappa shape index (κ2) is 6.87. The molecule has 0 spiro atoms. The van der Waals surface area contributed by atoms with Crippen molar-refractivity contribution in [1.82, 2.24) is 0 Å². The first-order valence-corrected chi connectivity index (χ1v) is 6.19. The quantitative estimate of drug-likeness (QED) is 0.563. The van der Waals surface area contributed by atoms with Crippen molar-refractivity contribution in [3.8, 4) is 11.5 Å². The summed E-state index contributed by atoms with van der Waals surface area (Å²) >= 11 is 11.9. The van der Waals surface area contributed by atoms with Gasteiger partial charge in [0.05, 0.1) is 18.7 Å². The molecule has 0 aliphatic heterocycles. The molecule has 0 N–H and O–H groups in total. The molecule has 0 unspecified atom stereocenters. The van der Waals surface area contributed by atoms with Crippen LogP contribution in [0.25, 0.3) is 0 Å². The summed E-state index contributed by atoms with van der Waals surface area (Å²) in [7, 11) is 1.59. The lowest BCUT2D eigenvalue weighted by atomic mass is 10.2. The molecule has 0 aliphatic carbocycles. The van der Waals surface area contributed by atoms with Gasteiger partial charge in [0.2, 0.25) is 0 Å². The number of benzene rings is 1. The molecule has 4 heteroatoms. The molecule has 16 heavy (non-hydrogen) atoms. The molecular formula is C12H16Cl2O2. The Morgan fingerprint density at radius 2 is 2.06 bits per heavy atom. The molecule has 0 heterocycles. The normalized spacial score (nSPS) is 10.2. The van der Waals surface area contributed by atoms with Crippen molar-refractivity contribution in [2.75, 3.05) is 13.7 Å². The Labute approximate surface area is 106 Å². The largest absolute Gasteiger partial charge is 0.493 e. The smallest absolute Gasteiger partial charge is 0.179 e. The lowest BCUT2D eigenvalue weighted by Gasteiger charge is -2.13. The van der Waals surface area contributed by atoms with Crippen LogP contribution in [-0.4, -0.2) is 13.7 Å². The van der Waals surface area contributed by atoms with Gasteiger partial charge < -0.3 is 9.47 Å². The van der Waals surface area contributed by atoms with Crippen molar-refractivity contribution >= 4 is 23.2 Å². The minimum absolute atomic E-state index is 0.408. The first-order chi connectivity index (χ1) is 7.72. The van der Waals surface area contributed by atoms with Gasteiger partial charge >= 0.3 is 0 Å². The number of hydrogen-bond acceptors (Lipinski definition) is 2. The molecule has 0 saturated carbocycles. The Morgan fingerprint density at radius 1 is 1.31 bits per heavy atom. The first-order valence-electron chi connectivity index (χ1n) is 5.28. The molecule has 0 radical (unpaired) electrons. The van der Waals surface area contributed by atoms with Crippen LogP contribution < -0.4 is 9.47 Å². The van der Waals surface area contributed by atoms with Crippen molar-refractivity contribution in [3.63, 3.8) is 0 Å².